The minimum absolute atomic E-state index is 0.260. The van der Waals surface area contributed by atoms with Crippen LogP contribution < -0.4 is 11.1 Å². The van der Waals surface area contributed by atoms with Crippen molar-refractivity contribution in [1.29, 1.82) is 0 Å². The molecule has 0 aliphatic carbocycles. The number of benzene rings is 1. The van der Waals surface area contributed by atoms with E-state index in [1.807, 2.05) is 30.3 Å². The predicted octanol–water partition coefficient (Wildman–Crippen LogP) is 1.47. The first-order valence-electron chi connectivity index (χ1n) is 7.33. The Hall–Kier alpha value is -2.48. The van der Waals surface area contributed by atoms with Crippen molar-refractivity contribution < 1.29 is 9.59 Å². The van der Waals surface area contributed by atoms with E-state index in [2.05, 4.69) is 15.5 Å². The van der Waals surface area contributed by atoms with Crippen LogP contribution in [0.2, 0.25) is 0 Å². The second kappa shape index (κ2) is 6.74. The van der Waals surface area contributed by atoms with E-state index in [-0.39, 0.29) is 17.9 Å². The number of primary amides is 1. The number of rotatable bonds is 4. The van der Waals surface area contributed by atoms with Gasteiger partial charge in [0.05, 0.1) is 5.92 Å². The molecule has 0 saturated carbocycles. The van der Waals surface area contributed by atoms with Crippen molar-refractivity contribution >= 4 is 28.4 Å². The number of urea groups is 1. The van der Waals surface area contributed by atoms with Gasteiger partial charge < -0.3 is 10.6 Å². The highest BCUT2D eigenvalue weighted by Gasteiger charge is 2.30. The van der Waals surface area contributed by atoms with Crippen LogP contribution in [0.1, 0.15) is 17.0 Å². The SMILES string of the molecule is NC(=O)C1CCN(C(=O)Nc2nnc(Cc3ccccc3)s2)C1. The molecule has 2 heterocycles. The minimum Gasteiger partial charge on any atom is -0.369 e. The Balaban J connectivity index is 1.57. The molecule has 23 heavy (non-hydrogen) atoms. The first-order chi connectivity index (χ1) is 11.1. The molecule has 0 bridgehead atoms. The van der Waals surface area contributed by atoms with Crippen LogP contribution in [0.5, 0.6) is 0 Å². The van der Waals surface area contributed by atoms with Crippen LogP contribution in [0.25, 0.3) is 0 Å². The Labute approximate surface area is 137 Å². The van der Waals surface area contributed by atoms with E-state index in [1.54, 1.807) is 4.90 Å². The molecule has 1 aliphatic rings. The fraction of sp³-hybridized carbons (Fsp3) is 0.333. The van der Waals surface area contributed by atoms with Gasteiger partial charge in [0.1, 0.15) is 5.01 Å². The summed E-state index contributed by atoms with van der Waals surface area (Å²) in [5.74, 6) is -0.620. The smallest absolute Gasteiger partial charge is 0.323 e. The van der Waals surface area contributed by atoms with E-state index in [0.717, 1.165) is 10.6 Å². The highest BCUT2D eigenvalue weighted by atomic mass is 32.1. The van der Waals surface area contributed by atoms with Gasteiger partial charge in [0.15, 0.2) is 0 Å². The van der Waals surface area contributed by atoms with Gasteiger partial charge in [-0.15, -0.1) is 10.2 Å². The highest BCUT2D eigenvalue weighted by molar-refractivity contribution is 7.15. The van der Waals surface area contributed by atoms with Gasteiger partial charge in [0.2, 0.25) is 11.0 Å². The molecule has 8 heteroatoms. The summed E-state index contributed by atoms with van der Waals surface area (Å²) in [6, 6.07) is 9.69. The third-order valence-corrected chi connectivity index (χ3v) is 4.60. The van der Waals surface area contributed by atoms with Gasteiger partial charge in [-0.05, 0) is 12.0 Å². The van der Waals surface area contributed by atoms with Gasteiger partial charge in [0.25, 0.3) is 0 Å². The quantitative estimate of drug-likeness (QED) is 0.885. The number of carbonyl (C=O) groups excluding carboxylic acids is 2. The van der Waals surface area contributed by atoms with Crippen molar-refractivity contribution in [2.75, 3.05) is 18.4 Å². The molecule has 1 saturated heterocycles. The van der Waals surface area contributed by atoms with E-state index in [4.69, 9.17) is 5.73 Å². The monoisotopic (exact) mass is 331 g/mol. The van der Waals surface area contributed by atoms with Crippen LogP contribution >= 0.6 is 11.3 Å². The standard InChI is InChI=1S/C15H17N5O2S/c16-13(21)11-6-7-20(9-11)15(22)17-14-19-18-12(23-14)8-10-4-2-1-3-5-10/h1-5,11H,6-9H2,(H2,16,21)(H,17,19,22). The van der Waals surface area contributed by atoms with Crippen LogP contribution in [0.3, 0.4) is 0 Å². The Morgan fingerprint density at radius 1 is 1.30 bits per heavy atom. The molecule has 1 unspecified atom stereocenters. The van der Waals surface area contributed by atoms with E-state index in [9.17, 15) is 9.59 Å². The predicted molar refractivity (Wildman–Crippen MR) is 87.1 cm³/mol. The maximum Gasteiger partial charge on any atom is 0.323 e. The van der Waals surface area contributed by atoms with Gasteiger partial charge in [-0.1, -0.05) is 41.7 Å². The number of nitrogens with two attached hydrogens (primary N) is 1. The van der Waals surface area contributed by atoms with E-state index in [1.165, 1.54) is 11.3 Å². The molecule has 1 aromatic heterocycles. The number of anilines is 1. The fourth-order valence-electron chi connectivity index (χ4n) is 2.49. The summed E-state index contributed by atoms with van der Waals surface area (Å²) in [5, 5.41) is 12.1. The molecule has 1 aromatic carbocycles. The summed E-state index contributed by atoms with van der Waals surface area (Å²) >= 11 is 1.35. The van der Waals surface area contributed by atoms with E-state index >= 15 is 0 Å². The minimum atomic E-state index is -0.360. The summed E-state index contributed by atoms with van der Waals surface area (Å²) in [4.78, 5) is 24.9. The average molecular weight is 331 g/mol. The molecular formula is C15H17N5O2S. The topological polar surface area (TPSA) is 101 Å². The van der Waals surface area contributed by atoms with Crippen LogP contribution in [-0.4, -0.2) is 40.1 Å². The van der Waals surface area contributed by atoms with Crippen LogP contribution in [-0.2, 0) is 11.2 Å². The largest absolute Gasteiger partial charge is 0.369 e. The summed E-state index contributed by atoms with van der Waals surface area (Å²) in [7, 11) is 0. The van der Waals surface area contributed by atoms with Gasteiger partial charge in [-0.2, -0.15) is 0 Å². The highest BCUT2D eigenvalue weighted by Crippen LogP contribution is 2.21. The van der Waals surface area contributed by atoms with Crippen LogP contribution in [0, 0.1) is 5.92 Å². The zero-order valence-corrected chi connectivity index (χ0v) is 13.3. The third-order valence-electron chi connectivity index (χ3n) is 3.76. The van der Waals surface area contributed by atoms with Gasteiger partial charge in [-0.25, -0.2) is 4.79 Å². The zero-order valence-electron chi connectivity index (χ0n) is 12.4. The molecule has 1 atom stereocenters. The number of amides is 3. The molecule has 3 amide bonds. The summed E-state index contributed by atoms with van der Waals surface area (Å²) in [6.07, 6.45) is 1.29. The van der Waals surface area contributed by atoms with Crippen molar-refractivity contribution in [1.82, 2.24) is 15.1 Å². The number of carbonyl (C=O) groups is 2. The number of nitrogens with one attached hydrogen (secondary N) is 1. The third kappa shape index (κ3) is 3.84. The van der Waals surface area contributed by atoms with Gasteiger partial charge in [-0.3, -0.25) is 10.1 Å². The molecule has 0 radical (unpaired) electrons. The summed E-state index contributed by atoms with van der Waals surface area (Å²) in [6.45, 7) is 0.881. The second-order valence-electron chi connectivity index (χ2n) is 5.43. The normalized spacial score (nSPS) is 17.2. The Bertz CT molecular complexity index is 703. The van der Waals surface area contributed by atoms with E-state index in [0.29, 0.717) is 31.1 Å². The second-order valence-corrected chi connectivity index (χ2v) is 6.49. The molecular weight excluding hydrogens is 314 g/mol. The van der Waals surface area contributed by atoms with Crippen molar-refractivity contribution in [3.63, 3.8) is 0 Å². The fourth-order valence-corrected chi connectivity index (χ4v) is 3.26. The zero-order chi connectivity index (χ0) is 16.2. The number of likely N-dealkylation sites (tertiary alicyclic amines) is 1. The van der Waals surface area contributed by atoms with Crippen LogP contribution in [0.4, 0.5) is 9.93 Å². The van der Waals surface area contributed by atoms with E-state index < -0.39 is 0 Å². The Morgan fingerprint density at radius 2 is 2.09 bits per heavy atom. The Morgan fingerprint density at radius 3 is 2.78 bits per heavy atom. The molecule has 7 nitrogen and oxygen atoms in total. The molecule has 120 valence electrons. The van der Waals surface area contributed by atoms with Gasteiger partial charge in [0, 0.05) is 19.5 Å². The van der Waals surface area contributed by atoms with Crippen molar-refractivity contribution in [3.05, 3.63) is 40.9 Å². The van der Waals surface area contributed by atoms with Crippen molar-refractivity contribution in [2.45, 2.75) is 12.8 Å². The molecule has 1 fully saturated rings. The molecule has 3 N–H and O–H groups in total. The van der Waals surface area contributed by atoms with Crippen molar-refractivity contribution in [3.8, 4) is 0 Å². The number of nitrogens with zero attached hydrogens (tertiary/aromatic N) is 3. The number of hydrogen-bond donors (Lipinski definition) is 2. The maximum absolute atomic E-state index is 12.2. The maximum atomic E-state index is 12.2. The molecule has 3 rings (SSSR count). The molecule has 2 aromatic rings. The lowest BCUT2D eigenvalue weighted by Gasteiger charge is -2.15. The number of hydrogen-bond acceptors (Lipinski definition) is 5. The van der Waals surface area contributed by atoms with Gasteiger partial charge >= 0.3 is 6.03 Å². The summed E-state index contributed by atoms with van der Waals surface area (Å²) < 4.78 is 0. The lowest BCUT2D eigenvalue weighted by Crippen LogP contribution is -2.34. The van der Waals surface area contributed by atoms with Crippen molar-refractivity contribution in [2.24, 2.45) is 11.7 Å². The van der Waals surface area contributed by atoms with Crippen LogP contribution in [0.15, 0.2) is 30.3 Å². The molecule has 0 spiro atoms. The first kappa shape index (κ1) is 15.4. The lowest BCUT2D eigenvalue weighted by atomic mass is 10.1. The molecule has 1 aliphatic heterocycles. The lowest BCUT2D eigenvalue weighted by molar-refractivity contribution is -0.121. The first-order valence-corrected chi connectivity index (χ1v) is 8.15. The average Bonchev–Trinajstić information content (AvgIpc) is 3.18. The Kier molecular flexibility index (Phi) is 4.52. The number of aromatic nitrogens is 2. The summed E-state index contributed by atoms with van der Waals surface area (Å²) in [5.41, 5.74) is 6.42.